The van der Waals surface area contributed by atoms with E-state index in [-0.39, 0.29) is 23.7 Å². The summed E-state index contributed by atoms with van der Waals surface area (Å²) < 4.78 is 45.0. The first-order chi connectivity index (χ1) is 17.5. The summed E-state index contributed by atoms with van der Waals surface area (Å²) >= 11 is 0. The van der Waals surface area contributed by atoms with E-state index in [1.54, 1.807) is 63.2 Å². The predicted molar refractivity (Wildman–Crippen MR) is 141 cm³/mol. The van der Waals surface area contributed by atoms with Crippen LogP contribution in [0.5, 0.6) is 5.75 Å². The topological polar surface area (TPSA) is 108 Å². The van der Waals surface area contributed by atoms with Crippen molar-refractivity contribution in [2.75, 3.05) is 13.7 Å². The quantitative estimate of drug-likeness (QED) is 0.278. The molecule has 0 bridgehead atoms. The van der Waals surface area contributed by atoms with E-state index in [1.807, 2.05) is 24.3 Å². The zero-order valence-corrected chi connectivity index (χ0v) is 22.3. The Balaban J connectivity index is 1.79. The van der Waals surface area contributed by atoms with E-state index in [0.717, 1.165) is 10.8 Å². The fourth-order valence-corrected chi connectivity index (χ4v) is 4.93. The van der Waals surface area contributed by atoms with Crippen LogP contribution in [0.2, 0.25) is 0 Å². The fourth-order valence-electron chi connectivity index (χ4n) is 3.67. The molecule has 8 nitrogen and oxygen atoms in total. The van der Waals surface area contributed by atoms with E-state index >= 15 is 0 Å². The molecule has 0 heterocycles. The molecule has 0 radical (unpaired) electrons. The minimum atomic E-state index is -3.96. The van der Waals surface area contributed by atoms with Crippen molar-refractivity contribution < 1.29 is 32.2 Å². The second-order valence-electron chi connectivity index (χ2n) is 9.57. The van der Waals surface area contributed by atoms with Gasteiger partial charge in [0.15, 0.2) is 0 Å². The van der Waals surface area contributed by atoms with Crippen molar-refractivity contribution in [3.63, 3.8) is 0 Å². The van der Waals surface area contributed by atoms with E-state index in [4.69, 9.17) is 9.47 Å². The largest absolute Gasteiger partial charge is 0.494 e. The van der Waals surface area contributed by atoms with Crippen LogP contribution in [0.15, 0.2) is 71.6 Å². The Morgan fingerprint density at radius 3 is 2.24 bits per heavy atom. The van der Waals surface area contributed by atoms with Gasteiger partial charge in [-0.15, -0.1) is 0 Å². The molecule has 0 aliphatic rings. The zero-order chi connectivity index (χ0) is 27.1. The maximum Gasteiger partial charge on any atom is 0.308 e. The minimum absolute atomic E-state index is 0.103. The van der Waals surface area contributed by atoms with Crippen molar-refractivity contribution in [1.82, 2.24) is 4.72 Å². The Morgan fingerprint density at radius 2 is 1.59 bits per heavy atom. The number of benzene rings is 3. The molecule has 0 unspecified atom stereocenters. The van der Waals surface area contributed by atoms with Gasteiger partial charge in [-0.05, 0) is 67.8 Å². The number of ether oxygens (including phenoxy) is 3. The van der Waals surface area contributed by atoms with E-state index in [2.05, 4.69) is 9.46 Å². The molecule has 0 aliphatic carbocycles. The van der Waals surface area contributed by atoms with Crippen LogP contribution in [-0.2, 0) is 29.1 Å². The lowest BCUT2D eigenvalue weighted by Crippen LogP contribution is -2.32. The van der Waals surface area contributed by atoms with Crippen molar-refractivity contribution in [2.24, 2.45) is 0 Å². The fraction of sp³-hybridized carbons (Fsp3) is 0.357. The van der Waals surface area contributed by atoms with Crippen LogP contribution in [-0.4, -0.2) is 39.7 Å². The first kappa shape index (κ1) is 28.1. The lowest BCUT2D eigenvalue weighted by Gasteiger charge is -2.23. The molecule has 3 rings (SSSR count). The van der Waals surface area contributed by atoms with Gasteiger partial charge in [0, 0.05) is 6.42 Å². The Kier molecular flexibility index (Phi) is 9.29. The van der Waals surface area contributed by atoms with Crippen LogP contribution >= 0.6 is 0 Å². The molecule has 0 amide bonds. The first-order valence-corrected chi connectivity index (χ1v) is 13.5. The summed E-state index contributed by atoms with van der Waals surface area (Å²) in [5, 5.41) is 1.72. The molecule has 37 heavy (non-hydrogen) atoms. The zero-order valence-electron chi connectivity index (χ0n) is 21.5. The van der Waals surface area contributed by atoms with Gasteiger partial charge in [0.1, 0.15) is 11.4 Å². The molecule has 0 aliphatic heterocycles. The van der Waals surface area contributed by atoms with Gasteiger partial charge in [0.05, 0.1) is 31.1 Å². The highest BCUT2D eigenvalue weighted by atomic mass is 32.2. The van der Waals surface area contributed by atoms with Crippen molar-refractivity contribution >= 4 is 32.7 Å². The summed E-state index contributed by atoms with van der Waals surface area (Å²) in [6.45, 7) is 5.59. The van der Waals surface area contributed by atoms with Gasteiger partial charge in [-0.25, -0.2) is 13.1 Å². The molecule has 1 atom stereocenters. The van der Waals surface area contributed by atoms with Gasteiger partial charge >= 0.3 is 11.9 Å². The first-order valence-electron chi connectivity index (χ1n) is 12.0. The van der Waals surface area contributed by atoms with Gasteiger partial charge in [-0.1, -0.05) is 42.5 Å². The number of carbonyl (C=O) groups is 2. The van der Waals surface area contributed by atoms with Gasteiger partial charge in [0.2, 0.25) is 10.0 Å². The van der Waals surface area contributed by atoms with E-state index in [1.165, 1.54) is 7.11 Å². The van der Waals surface area contributed by atoms with Gasteiger partial charge < -0.3 is 14.2 Å². The maximum absolute atomic E-state index is 13.3. The second-order valence-corrected chi connectivity index (χ2v) is 11.3. The highest BCUT2D eigenvalue weighted by Gasteiger charge is 2.26. The molecule has 1 N–H and O–H groups in total. The van der Waals surface area contributed by atoms with Crippen molar-refractivity contribution in [3.05, 3.63) is 72.3 Å². The van der Waals surface area contributed by atoms with Crippen LogP contribution in [0.4, 0.5) is 0 Å². The molecular weight excluding hydrogens is 494 g/mol. The van der Waals surface area contributed by atoms with E-state index in [9.17, 15) is 18.0 Å². The summed E-state index contributed by atoms with van der Waals surface area (Å²) in [7, 11) is -2.62. The van der Waals surface area contributed by atoms with Crippen molar-refractivity contribution in [1.29, 1.82) is 0 Å². The number of hydrogen-bond donors (Lipinski definition) is 1. The average Bonchev–Trinajstić information content (AvgIpc) is 2.85. The molecule has 0 aromatic heterocycles. The van der Waals surface area contributed by atoms with Crippen LogP contribution in [0.1, 0.15) is 51.6 Å². The summed E-state index contributed by atoms with van der Waals surface area (Å²) in [6, 6.07) is 18.3. The lowest BCUT2D eigenvalue weighted by molar-refractivity contribution is -0.155. The van der Waals surface area contributed by atoms with Crippen LogP contribution in [0.3, 0.4) is 0 Å². The second kappa shape index (κ2) is 12.2. The number of hydrogen-bond acceptors (Lipinski definition) is 7. The summed E-state index contributed by atoms with van der Waals surface area (Å²) in [5.41, 5.74) is -0.127. The smallest absolute Gasteiger partial charge is 0.308 e. The van der Waals surface area contributed by atoms with Gasteiger partial charge in [-0.3, -0.25) is 9.59 Å². The summed E-state index contributed by atoms with van der Waals surface area (Å²) in [5.74, 6) is -0.272. The molecular formula is C28H33NO7S. The third-order valence-electron chi connectivity index (χ3n) is 5.42. The number of fused-ring (bicyclic) bond motifs is 1. The molecule has 198 valence electrons. The van der Waals surface area contributed by atoms with Crippen LogP contribution < -0.4 is 9.46 Å². The monoisotopic (exact) mass is 527 g/mol. The highest BCUT2D eigenvalue weighted by molar-refractivity contribution is 7.89. The van der Waals surface area contributed by atoms with Crippen molar-refractivity contribution in [2.45, 2.75) is 56.6 Å². The number of sulfonamides is 1. The maximum atomic E-state index is 13.3. The summed E-state index contributed by atoms with van der Waals surface area (Å²) in [4.78, 5) is 24.0. The van der Waals surface area contributed by atoms with E-state index in [0.29, 0.717) is 24.3 Å². The average molecular weight is 528 g/mol. The Morgan fingerprint density at radius 1 is 0.919 bits per heavy atom. The Bertz CT molecular complexity index is 1330. The number of methoxy groups -OCH3 is 1. The molecule has 3 aromatic carbocycles. The molecule has 3 aromatic rings. The number of carbonyl (C=O) groups excluding carboxylic acids is 2. The standard InChI is InChI=1S/C28H33NO7S/c1-28(2,3)36-27(31)19-25(21-11-14-23(15-12-21)35-17-7-10-26(30)34-4)29-37(32,33)24-16-13-20-8-5-6-9-22(20)18-24/h5-6,8-9,11-16,18,25,29H,7,10,17,19H2,1-4H3/t25-/m0/s1. The number of nitrogens with one attached hydrogen (secondary N) is 1. The highest BCUT2D eigenvalue weighted by Crippen LogP contribution is 2.26. The SMILES string of the molecule is COC(=O)CCCOc1ccc([C@H](CC(=O)OC(C)(C)C)NS(=O)(=O)c2ccc3ccccc3c2)cc1. The Labute approximate surface area is 218 Å². The molecule has 0 saturated heterocycles. The van der Waals surface area contributed by atoms with E-state index < -0.39 is 27.6 Å². The number of esters is 2. The van der Waals surface area contributed by atoms with Crippen LogP contribution in [0.25, 0.3) is 10.8 Å². The van der Waals surface area contributed by atoms with Crippen LogP contribution in [0, 0.1) is 0 Å². The lowest BCUT2D eigenvalue weighted by atomic mass is 10.0. The Hall–Kier alpha value is -3.43. The predicted octanol–water partition coefficient (Wildman–Crippen LogP) is 4.92. The third kappa shape index (κ3) is 8.58. The molecule has 0 fully saturated rings. The third-order valence-corrected chi connectivity index (χ3v) is 6.89. The normalized spacial score (nSPS) is 12.6. The minimum Gasteiger partial charge on any atom is -0.494 e. The molecule has 0 spiro atoms. The molecule has 0 saturated carbocycles. The van der Waals surface area contributed by atoms with Crippen molar-refractivity contribution in [3.8, 4) is 5.75 Å². The van der Waals surface area contributed by atoms with Gasteiger partial charge in [-0.2, -0.15) is 0 Å². The van der Waals surface area contributed by atoms with Gasteiger partial charge in [0.25, 0.3) is 0 Å². The molecule has 9 heteroatoms. The summed E-state index contributed by atoms with van der Waals surface area (Å²) in [6.07, 6.45) is 0.563. The number of rotatable bonds is 11.